The second-order valence-electron chi connectivity index (χ2n) is 4.15. The quantitative estimate of drug-likeness (QED) is 0.785. The standard InChI is InChI=1S/C12H9ClN4O3S/c13-9-4-5-10(12-11(9)16-20-17-12)21(18,19)15-7-8-3-1-2-6-14-8/h1-6,15H,7H2. The van der Waals surface area contributed by atoms with Crippen LogP contribution in [0.25, 0.3) is 11.0 Å². The maximum atomic E-state index is 12.3. The van der Waals surface area contributed by atoms with E-state index in [1.165, 1.54) is 12.1 Å². The summed E-state index contributed by atoms with van der Waals surface area (Å²) in [6, 6.07) is 8.04. The molecule has 1 N–H and O–H groups in total. The van der Waals surface area contributed by atoms with Crippen molar-refractivity contribution in [1.29, 1.82) is 0 Å². The van der Waals surface area contributed by atoms with Crippen molar-refractivity contribution in [2.45, 2.75) is 11.4 Å². The minimum Gasteiger partial charge on any atom is -0.260 e. The van der Waals surface area contributed by atoms with Crippen LogP contribution in [-0.2, 0) is 16.6 Å². The average Bonchev–Trinajstić information content (AvgIpc) is 2.97. The highest BCUT2D eigenvalue weighted by Crippen LogP contribution is 2.26. The van der Waals surface area contributed by atoms with Gasteiger partial charge in [0.25, 0.3) is 0 Å². The molecular weight excluding hydrogens is 316 g/mol. The molecular formula is C12H9ClN4O3S. The Hall–Kier alpha value is -2.03. The van der Waals surface area contributed by atoms with Gasteiger partial charge in [-0.15, -0.1) is 0 Å². The molecule has 0 spiro atoms. The Bertz CT molecular complexity index is 880. The van der Waals surface area contributed by atoms with E-state index in [9.17, 15) is 8.42 Å². The molecule has 0 atom stereocenters. The Morgan fingerprint density at radius 3 is 2.71 bits per heavy atom. The molecule has 0 fully saturated rings. The maximum absolute atomic E-state index is 12.3. The number of hydrogen-bond donors (Lipinski definition) is 1. The van der Waals surface area contributed by atoms with Crippen molar-refractivity contribution in [3.05, 3.63) is 47.2 Å². The second kappa shape index (κ2) is 5.40. The second-order valence-corrected chi connectivity index (χ2v) is 6.30. The van der Waals surface area contributed by atoms with Crippen LogP contribution < -0.4 is 4.72 Å². The van der Waals surface area contributed by atoms with Gasteiger partial charge in [0, 0.05) is 6.20 Å². The molecule has 0 aliphatic heterocycles. The first kappa shape index (κ1) is 13.9. The van der Waals surface area contributed by atoms with Crippen LogP contribution in [0, 0.1) is 0 Å². The molecule has 0 radical (unpaired) electrons. The minimum absolute atomic E-state index is 0.0425. The number of hydrogen-bond acceptors (Lipinski definition) is 6. The molecule has 0 aliphatic rings. The summed E-state index contributed by atoms with van der Waals surface area (Å²) in [6.07, 6.45) is 1.59. The molecule has 7 nitrogen and oxygen atoms in total. The average molecular weight is 325 g/mol. The molecule has 0 unspecified atom stereocenters. The third-order valence-corrected chi connectivity index (χ3v) is 4.53. The molecule has 108 valence electrons. The van der Waals surface area contributed by atoms with Gasteiger partial charge in [0.05, 0.1) is 17.3 Å². The Labute approximate surface area is 125 Å². The first-order valence-electron chi connectivity index (χ1n) is 5.88. The molecule has 1 aromatic carbocycles. The van der Waals surface area contributed by atoms with Crippen LogP contribution in [0.3, 0.4) is 0 Å². The molecule has 3 rings (SSSR count). The number of nitrogens with zero attached hydrogens (tertiary/aromatic N) is 3. The molecule has 0 aliphatic carbocycles. The van der Waals surface area contributed by atoms with Gasteiger partial charge in [0.2, 0.25) is 10.0 Å². The van der Waals surface area contributed by atoms with Crippen LogP contribution in [0.2, 0.25) is 5.02 Å². The van der Waals surface area contributed by atoms with Crippen molar-refractivity contribution < 1.29 is 13.0 Å². The number of benzene rings is 1. The molecule has 0 saturated carbocycles. The lowest BCUT2D eigenvalue weighted by atomic mass is 10.3. The van der Waals surface area contributed by atoms with Crippen LogP contribution in [-0.4, -0.2) is 23.7 Å². The highest BCUT2D eigenvalue weighted by molar-refractivity contribution is 7.89. The van der Waals surface area contributed by atoms with Crippen LogP contribution in [0.1, 0.15) is 5.69 Å². The number of halogens is 1. The van der Waals surface area contributed by atoms with E-state index in [1.54, 1.807) is 24.4 Å². The van der Waals surface area contributed by atoms with E-state index in [0.29, 0.717) is 5.69 Å². The van der Waals surface area contributed by atoms with E-state index in [0.717, 1.165) is 0 Å². The smallest absolute Gasteiger partial charge is 0.243 e. The topological polar surface area (TPSA) is 98.0 Å². The molecule has 2 aromatic heterocycles. The van der Waals surface area contributed by atoms with Crippen LogP contribution in [0.15, 0.2) is 46.1 Å². The zero-order chi connectivity index (χ0) is 14.9. The lowest BCUT2D eigenvalue weighted by Gasteiger charge is -2.06. The Kier molecular flexibility index (Phi) is 3.58. The van der Waals surface area contributed by atoms with E-state index >= 15 is 0 Å². The SMILES string of the molecule is O=S(=O)(NCc1ccccn1)c1ccc(Cl)c2nonc12. The normalized spacial score (nSPS) is 11.9. The van der Waals surface area contributed by atoms with Crippen LogP contribution in [0.5, 0.6) is 0 Å². The van der Waals surface area contributed by atoms with Crippen molar-refractivity contribution >= 4 is 32.7 Å². The summed E-state index contributed by atoms with van der Waals surface area (Å²) in [5.41, 5.74) is 0.901. The number of fused-ring (bicyclic) bond motifs is 1. The van der Waals surface area contributed by atoms with Gasteiger partial charge in [0.15, 0.2) is 11.0 Å². The van der Waals surface area contributed by atoms with E-state index in [-0.39, 0.29) is 27.5 Å². The van der Waals surface area contributed by atoms with E-state index in [1.807, 2.05) is 0 Å². The monoisotopic (exact) mass is 324 g/mol. The van der Waals surface area contributed by atoms with Crippen molar-refractivity contribution in [3.63, 3.8) is 0 Å². The molecule has 3 aromatic rings. The molecule has 0 amide bonds. The summed E-state index contributed by atoms with van der Waals surface area (Å²) in [7, 11) is -3.78. The fraction of sp³-hybridized carbons (Fsp3) is 0.0833. The third kappa shape index (κ3) is 2.73. The Morgan fingerprint density at radius 1 is 1.14 bits per heavy atom. The predicted molar refractivity (Wildman–Crippen MR) is 75.1 cm³/mol. The summed E-state index contributed by atoms with van der Waals surface area (Å²) < 4.78 is 31.7. The molecule has 9 heteroatoms. The van der Waals surface area contributed by atoms with Crippen molar-refractivity contribution in [2.75, 3.05) is 0 Å². The van der Waals surface area contributed by atoms with Gasteiger partial charge in [-0.2, -0.15) is 0 Å². The van der Waals surface area contributed by atoms with Gasteiger partial charge in [-0.3, -0.25) is 4.98 Å². The van der Waals surface area contributed by atoms with Gasteiger partial charge >= 0.3 is 0 Å². The van der Waals surface area contributed by atoms with Crippen molar-refractivity contribution in [2.24, 2.45) is 0 Å². The highest BCUT2D eigenvalue weighted by atomic mass is 35.5. The van der Waals surface area contributed by atoms with Crippen LogP contribution >= 0.6 is 11.6 Å². The van der Waals surface area contributed by atoms with Gasteiger partial charge in [0.1, 0.15) is 4.90 Å². The van der Waals surface area contributed by atoms with Gasteiger partial charge < -0.3 is 0 Å². The summed E-state index contributed by atoms with van der Waals surface area (Å²) in [5, 5.41) is 7.46. The zero-order valence-corrected chi connectivity index (χ0v) is 12.1. The first-order chi connectivity index (χ1) is 10.1. The number of aromatic nitrogens is 3. The molecule has 0 bridgehead atoms. The molecule has 21 heavy (non-hydrogen) atoms. The summed E-state index contributed by atoms with van der Waals surface area (Å²) in [4.78, 5) is 4.00. The van der Waals surface area contributed by atoms with E-state index in [2.05, 4.69) is 24.6 Å². The highest BCUT2D eigenvalue weighted by Gasteiger charge is 2.21. The fourth-order valence-corrected chi connectivity index (χ4v) is 3.10. The number of sulfonamides is 1. The number of nitrogens with one attached hydrogen (secondary N) is 1. The van der Waals surface area contributed by atoms with Crippen molar-refractivity contribution in [3.8, 4) is 0 Å². The summed E-state index contributed by atoms with van der Waals surface area (Å²) in [5.74, 6) is 0. The zero-order valence-electron chi connectivity index (χ0n) is 10.5. The summed E-state index contributed by atoms with van der Waals surface area (Å²) in [6.45, 7) is 0.0680. The minimum atomic E-state index is -3.78. The maximum Gasteiger partial charge on any atom is 0.243 e. The van der Waals surface area contributed by atoms with Crippen LogP contribution in [0.4, 0.5) is 0 Å². The first-order valence-corrected chi connectivity index (χ1v) is 7.74. The van der Waals surface area contributed by atoms with Gasteiger partial charge in [-0.05, 0) is 34.6 Å². The number of rotatable bonds is 4. The summed E-state index contributed by atoms with van der Waals surface area (Å²) >= 11 is 5.91. The van der Waals surface area contributed by atoms with E-state index < -0.39 is 10.0 Å². The lowest BCUT2D eigenvalue weighted by Crippen LogP contribution is -2.24. The number of pyridine rings is 1. The molecule has 0 saturated heterocycles. The lowest BCUT2D eigenvalue weighted by molar-refractivity contribution is 0.315. The van der Waals surface area contributed by atoms with Gasteiger partial charge in [-0.25, -0.2) is 17.8 Å². The van der Waals surface area contributed by atoms with Crippen molar-refractivity contribution in [1.82, 2.24) is 20.0 Å². The Balaban J connectivity index is 1.94. The van der Waals surface area contributed by atoms with E-state index in [4.69, 9.17) is 11.6 Å². The van der Waals surface area contributed by atoms with Gasteiger partial charge in [-0.1, -0.05) is 17.7 Å². The third-order valence-electron chi connectivity index (χ3n) is 2.79. The predicted octanol–water partition coefficient (Wildman–Crippen LogP) is 1.75. The largest absolute Gasteiger partial charge is 0.260 e. The fourth-order valence-electron chi connectivity index (χ4n) is 1.78. The molecule has 2 heterocycles. The Morgan fingerprint density at radius 2 is 1.95 bits per heavy atom.